The van der Waals surface area contributed by atoms with Gasteiger partial charge in [0.25, 0.3) is 5.56 Å². The smallest absolute Gasteiger partial charge is 0.262 e. The lowest BCUT2D eigenvalue weighted by Gasteiger charge is -2.18. The summed E-state index contributed by atoms with van der Waals surface area (Å²) < 4.78 is 1.65. The van der Waals surface area contributed by atoms with E-state index in [1.165, 1.54) is 11.8 Å². The van der Waals surface area contributed by atoms with Gasteiger partial charge in [-0.1, -0.05) is 51.1 Å². The van der Waals surface area contributed by atoms with Crippen molar-refractivity contribution >= 4 is 40.2 Å². The van der Waals surface area contributed by atoms with Gasteiger partial charge in [-0.25, -0.2) is 4.98 Å². The Labute approximate surface area is 163 Å². The van der Waals surface area contributed by atoms with Gasteiger partial charge in [0.05, 0.1) is 16.2 Å². The van der Waals surface area contributed by atoms with E-state index < -0.39 is 0 Å². The molecule has 0 aliphatic heterocycles. The molecule has 0 spiro atoms. The zero-order valence-corrected chi connectivity index (χ0v) is 17.4. The highest BCUT2D eigenvalue weighted by atomic mass is 35.5. The lowest BCUT2D eigenvalue weighted by Crippen LogP contribution is -2.34. The van der Waals surface area contributed by atoms with Gasteiger partial charge in [-0.05, 0) is 37.0 Å². The maximum atomic E-state index is 13.0. The number of carbonyl (C=O) groups is 1. The number of halogens is 1. The highest BCUT2D eigenvalue weighted by molar-refractivity contribution is 8.00. The van der Waals surface area contributed by atoms with Crippen LogP contribution in [0, 0.1) is 11.8 Å². The van der Waals surface area contributed by atoms with Crippen LogP contribution >= 0.6 is 23.4 Å². The van der Waals surface area contributed by atoms with E-state index in [2.05, 4.69) is 24.1 Å². The number of carbonyl (C=O) groups excluding carboxylic acids is 1. The van der Waals surface area contributed by atoms with Crippen molar-refractivity contribution in [2.75, 3.05) is 6.54 Å². The summed E-state index contributed by atoms with van der Waals surface area (Å²) in [5.74, 6) is 0.611. The number of nitrogens with zero attached hydrogens (tertiary/aromatic N) is 2. The second-order valence-corrected chi connectivity index (χ2v) is 9.01. The average Bonchev–Trinajstić information content (AvgIpc) is 2.56. The zero-order chi connectivity index (χ0) is 19.4. The van der Waals surface area contributed by atoms with Gasteiger partial charge in [0.15, 0.2) is 5.16 Å². The summed E-state index contributed by atoms with van der Waals surface area (Å²) in [6.07, 6.45) is 0. The van der Waals surface area contributed by atoms with Gasteiger partial charge >= 0.3 is 0 Å². The quantitative estimate of drug-likeness (QED) is 0.569. The molecule has 0 unspecified atom stereocenters. The van der Waals surface area contributed by atoms with Crippen LogP contribution in [0.15, 0.2) is 28.2 Å². The minimum Gasteiger partial charge on any atom is -0.355 e. The molecule has 0 bridgehead atoms. The number of aromatic nitrogens is 2. The molecule has 2 aromatic rings. The predicted octanol–water partition coefficient (Wildman–Crippen LogP) is 3.96. The first-order valence-electron chi connectivity index (χ1n) is 8.83. The molecule has 0 saturated heterocycles. The number of amides is 1. The Bertz CT molecular complexity index is 849. The second-order valence-electron chi connectivity index (χ2n) is 7.26. The van der Waals surface area contributed by atoms with Gasteiger partial charge in [-0.3, -0.25) is 14.2 Å². The number of thioether (sulfide) groups is 1. The SMILES string of the molecule is CC(C)CNC(=O)[C@@H](C)Sc1nc2ccc(Cl)cc2c(=O)n1CC(C)C. The van der Waals surface area contributed by atoms with E-state index >= 15 is 0 Å². The molecule has 26 heavy (non-hydrogen) atoms. The van der Waals surface area contributed by atoms with Crippen LogP contribution in [0.4, 0.5) is 0 Å². The molecule has 1 N–H and O–H groups in total. The maximum absolute atomic E-state index is 13.0. The van der Waals surface area contributed by atoms with E-state index in [0.29, 0.717) is 40.1 Å². The Morgan fingerprint density at radius 3 is 2.54 bits per heavy atom. The summed E-state index contributed by atoms with van der Waals surface area (Å²) in [5.41, 5.74) is 0.472. The van der Waals surface area contributed by atoms with Crippen LogP contribution in [0.3, 0.4) is 0 Å². The minimum atomic E-state index is -0.344. The summed E-state index contributed by atoms with van der Waals surface area (Å²) in [5, 5.41) is 4.15. The minimum absolute atomic E-state index is 0.0507. The Hall–Kier alpha value is -1.53. The van der Waals surface area contributed by atoms with Gasteiger partial charge in [0.1, 0.15) is 0 Å². The van der Waals surface area contributed by atoms with Crippen molar-refractivity contribution in [1.29, 1.82) is 0 Å². The molecule has 0 radical (unpaired) electrons. The molecule has 5 nitrogen and oxygen atoms in total. The third-order valence-corrected chi connectivity index (χ3v) is 5.09. The number of nitrogens with one attached hydrogen (secondary N) is 1. The zero-order valence-electron chi connectivity index (χ0n) is 15.9. The summed E-state index contributed by atoms with van der Waals surface area (Å²) >= 11 is 7.35. The van der Waals surface area contributed by atoms with Crippen molar-refractivity contribution in [3.05, 3.63) is 33.6 Å². The van der Waals surface area contributed by atoms with Crippen molar-refractivity contribution in [2.45, 2.75) is 51.6 Å². The molecular formula is C19H26ClN3O2S. The monoisotopic (exact) mass is 395 g/mol. The van der Waals surface area contributed by atoms with Crippen LogP contribution in [-0.2, 0) is 11.3 Å². The van der Waals surface area contributed by atoms with Gasteiger partial charge in [-0.2, -0.15) is 0 Å². The van der Waals surface area contributed by atoms with Crippen molar-refractivity contribution in [2.24, 2.45) is 11.8 Å². The number of fused-ring (bicyclic) bond motifs is 1. The van der Waals surface area contributed by atoms with Gasteiger partial charge in [0, 0.05) is 18.1 Å². The molecule has 1 heterocycles. The van der Waals surface area contributed by atoms with E-state index in [9.17, 15) is 9.59 Å². The molecule has 1 amide bonds. The molecule has 142 valence electrons. The molecule has 0 aliphatic carbocycles. The van der Waals surface area contributed by atoms with Crippen molar-refractivity contribution in [3.63, 3.8) is 0 Å². The number of benzene rings is 1. The van der Waals surface area contributed by atoms with E-state index in [1.54, 1.807) is 22.8 Å². The Kier molecular flexibility index (Phi) is 7.12. The lowest BCUT2D eigenvalue weighted by atomic mass is 10.2. The predicted molar refractivity (Wildman–Crippen MR) is 109 cm³/mol. The molecule has 0 aliphatic rings. The number of hydrogen-bond acceptors (Lipinski definition) is 4. The normalized spacial score (nSPS) is 12.8. The molecule has 7 heteroatoms. The van der Waals surface area contributed by atoms with E-state index in [4.69, 9.17) is 11.6 Å². The van der Waals surface area contributed by atoms with E-state index in [1.807, 2.05) is 20.8 Å². The fraction of sp³-hybridized carbons (Fsp3) is 0.526. The Morgan fingerprint density at radius 2 is 1.92 bits per heavy atom. The fourth-order valence-corrected chi connectivity index (χ4v) is 3.56. The number of rotatable bonds is 7. The van der Waals surface area contributed by atoms with Crippen LogP contribution in [0.5, 0.6) is 0 Å². The third-order valence-electron chi connectivity index (χ3n) is 3.76. The van der Waals surface area contributed by atoms with Gasteiger partial charge in [0.2, 0.25) is 5.91 Å². The number of hydrogen-bond donors (Lipinski definition) is 1. The Balaban J connectivity index is 2.39. The first-order chi connectivity index (χ1) is 12.2. The summed E-state index contributed by atoms with van der Waals surface area (Å²) in [7, 11) is 0. The molecule has 2 rings (SSSR count). The third kappa shape index (κ3) is 5.24. The van der Waals surface area contributed by atoms with Crippen LogP contribution < -0.4 is 10.9 Å². The van der Waals surface area contributed by atoms with E-state index in [-0.39, 0.29) is 22.6 Å². The summed E-state index contributed by atoms with van der Waals surface area (Å²) in [6.45, 7) is 11.2. The molecular weight excluding hydrogens is 370 g/mol. The lowest BCUT2D eigenvalue weighted by molar-refractivity contribution is -0.120. The van der Waals surface area contributed by atoms with Crippen molar-refractivity contribution in [1.82, 2.24) is 14.9 Å². The fourth-order valence-electron chi connectivity index (χ4n) is 2.45. The summed E-state index contributed by atoms with van der Waals surface area (Å²) in [6, 6.07) is 5.11. The highest BCUT2D eigenvalue weighted by Gasteiger charge is 2.20. The molecule has 0 saturated carbocycles. The molecule has 0 fully saturated rings. The first-order valence-corrected chi connectivity index (χ1v) is 10.1. The molecule has 1 aromatic heterocycles. The molecule has 1 atom stereocenters. The molecule has 1 aromatic carbocycles. The van der Waals surface area contributed by atoms with Crippen LogP contribution in [0.25, 0.3) is 10.9 Å². The maximum Gasteiger partial charge on any atom is 0.262 e. The topological polar surface area (TPSA) is 64.0 Å². The van der Waals surface area contributed by atoms with E-state index in [0.717, 1.165) is 0 Å². The standard InChI is InChI=1S/C19H26ClN3O2S/c1-11(2)9-21-17(24)13(5)26-19-22-16-7-6-14(20)8-15(16)18(25)23(19)10-12(3)4/h6-8,11-13H,9-10H2,1-5H3,(H,21,24)/t13-/m1/s1. The second kappa shape index (κ2) is 8.91. The van der Waals surface area contributed by atoms with Crippen LogP contribution in [0.2, 0.25) is 5.02 Å². The van der Waals surface area contributed by atoms with Crippen LogP contribution in [-0.4, -0.2) is 27.3 Å². The highest BCUT2D eigenvalue weighted by Crippen LogP contribution is 2.24. The largest absolute Gasteiger partial charge is 0.355 e. The first kappa shape index (κ1) is 20.8. The average molecular weight is 396 g/mol. The van der Waals surface area contributed by atoms with Gasteiger partial charge < -0.3 is 5.32 Å². The van der Waals surface area contributed by atoms with Crippen LogP contribution in [0.1, 0.15) is 34.6 Å². The Morgan fingerprint density at radius 1 is 1.23 bits per heavy atom. The van der Waals surface area contributed by atoms with Crippen molar-refractivity contribution in [3.8, 4) is 0 Å². The van der Waals surface area contributed by atoms with Gasteiger partial charge in [-0.15, -0.1) is 0 Å². The summed E-state index contributed by atoms with van der Waals surface area (Å²) in [4.78, 5) is 29.9. The van der Waals surface area contributed by atoms with Crippen molar-refractivity contribution < 1.29 is 4.79 Å².